The topological polar surface area (TPSA) is 71.1 Å². The average Bonchev–Trinajstić information content (AvgIpc) is 3.16. The maximum Gasteiger partial charge on any atom is 0.227 e. The van der Waals surface area contributed by atoms with Crippen LogP contribution in [-0.2, 0) is 29.0 Å². The molecule has 0 radical (unpaired) electrons. The van der Waals surface area contributed by atoms with Crippen molar-refractivity contribution in [1.82, 2.24) is 15.6 Å². The minimum absolute atomic E-state index is 0.0144. The summed E-state index contributed by atoms with van der Waals surface area (Å²) in [5.74, 6) is -0.0440. The highest BCUT2D eigenvalue weighted by atomic mass is 32.1. The van der Waals surface area contributed by atoms with Gasteiger partial charge in [0.25, 0.3) is 0 Å². The molecule has 2 aromatic carbocycles. The highest BCUT2D eigenvalue weighted by molar-refractivity contribution is 7.10. The molecule has 2 amide bonds. The first-order valence-electron chi connectivity index (χ1n) is 9.19. The van der Waals surface area contributed by atoms with Gasteiger partial charge in [-0.25, -0.2) is 4.98 Å². The molecule has 3 aromatic rings. The summed E-state index contributed by atoms with van der Waals surface area (Å²) in [5, 5.41) is 8.50. The third kappa shape index (κ3) is 6.03. The lowest BCUT2D eigenvalue weighted by atomic mass is 10.1. The van der Waals surface area contributed by atoms with Crippen molar-refractivity contribution in [1.29, 1.82) is 0 Å². The van der Waals surface area contributed by atoms with Gasteiger partial charge < -0.3 is 10.6 Å². The molecule has 0 spiro atoms. The van der Waals surface area contributed by atoms with Crippen molar-refractivity contribution >= 4 is 23.2 Å². The normalized spacial score (nSPS) is 10.5. The lowest BCUT2D eigenvalue weighted by molar-refractivity contribution is -0.120. The summed E-state index contributed by atoms with van der Waals surface area (Å²) in [4.78, 5) is 27.7. The van der Waals surface area contributed by atoms with Crippen LogP contribution in [-0.4, -0.2) is 23.3 Å². The molecule has 0 fully saturated rings. The van der Waals surface area contributed by atoms with Gasteiger partial charge in [-0.1, -0.05) is 54.6 Å². The van der Waals surface area contributed by atoms with Gasteiger partial charge in [0.05, 0.1) is 12.1 Å². The lowest BCUT2D eigenvalue weighted by Gasteiger charge is -2.04. The molecule has 6 heteroatoms. The Morgan fingerprint density at radius 1 is 0.964 bits per heavy atom. The fourth-order valence-corrected chi connectivity index (χ4v) is 3.55. The molecule has 3 rings (SSSR count). The van der Waals surface area contributed by atoms with Gasteiger partial charge in [-0.3, -0.25) is 9.59 Å². The van der Waals surface area contributed by atoms with Crippen molar-refractivity contribution in [2.75, 3.05) is 6.54 Å². The number of hydrogen-bond acceptors (Lipinski definition) is 4. The molecule has 0 saturated carbocycles. The molecule has 0 aliphatic carbocycles. The highest BCUT2D eigenvalue weighted by Gasteiger charge is 2.09. The first kappa shape index (κ1) is 19.8. The molecule has 0 aliphatic heterocycles. The van der Waals surface area contributed by atoms with Crippen LogP contribution in [0, 0.1) is 0 Å². The van der Waals surface area contributed by atoms with E-state index in [0.29, 0.717) is 13.1 Å². The van der Waals surface area contributed by atoms with Crippen molar-refractivity contribution in [2.45, 2.75) is 26.3 Å². The number of aromatic nitrogens is 1. The summed E-state index contributed by atoms with van der Waals surface area (Å²) < 4.78 is 0. The Bertz CT molecular complexity index is 920. The number of carbonyl (C=O) groups excluding carboxylic acids is 2. The van der Waals surface area contributed by atoms with Crippen molar-refractivity contribution < 1.29 is 9.59 Å². The summed E-state index contributed by atoms with van der Waals surface area (Å²) in [6, 6.07) is 18.0. The fourth-order valence-electron chi connectivity index (χ4n) is 2.75. The van der Waals surface area contributed by atoms with Crippen LogP contribution in [0.5, 0.6) is 0 Å². The number of hydrogen-bond donors (Lipinski definition) is 2. The van der Waals surface area contributed by atoms with E-state index in [1.165, 1.54) is 18.3 Å². The number of thiazole rings is 1. The van der Waals surface area contributed by atoms with E-state index in [4.69, 9.17) is 0 Å². The lowest BCUT2D eigenvalue weighted by Crippen LogP contribution is -2.24. The largest absolute Gasteiger partial charge is 0.356 e. The van der Waals surface area contributed by atoms with Crippen LogP contribution in [0.1, 0.15) is 23.1 Å². The zero-order valence-electron chi connectivity index (χ0n) is 15.8. The van der Waals surface area contributed by atoms with Crippen LogP contribution in [0.2, 0.25) is 0 Å². The molecule has 144 valence electrons. The first-order chi connectivity index (χ1) is 13.6. The number of rotatable bonds is 8. The standard InChI is InChI=1S/C22H23N3O2S/c1-16(26)23-12-11-17-7-9-19(10-8-17)20-15-28-22(25-20)13-21(27)24-14-18-5-3-2-4-6-18/h2-10,15H,11-14H2,1H3,(H,23,26)(H,24,27). The van der Waals surface area contributed by atoms with Gasteiger partial charge >= 0.3 is 0 Å². The number of nitrogens with zero attached hydrogens (tertiary/aromatic N) is 1. The summed E-state index contributed by atoms with van der Waals surface area (Å²) in [5.41, 5.74) is 4.14. The Labute approximate surface area is 168 Å². The maximum atomic E-state index is 12.2. The van der Waals surface area contributed by atoms with Gasteiger partial charge in [0, 0.05) is 31.0 Å². The summed E-state index contributed by atoms with van der Waals surface area (Å²) in [6.45, 7) is 2.68. The molecular formula is C22H23N3O2S. The molecule has 1 aromatic heterocycles. The molecule has 2 N–H and O–H groups in total. The number of carbonyl (C=O) groups is 2. The van der Waals surface area contributed by atoms with Crippen molar-refractivity contribution in [3.8, 4) is 11.3 Å². The van der Waals surface area contributed by atoms with Gasteiger partial charge in [0.1, 0.15) is 5.01 Å². The summed E-state index contributed by atoms with van der Waals surface area (Å²) in [6.07, 6.45) is 1.08. The fraction of sp³-hybridized carbons (Fsp3) is 0.227. The minimum Gasteiger partial charge on any atom is -0.356 e. The van der Waals surface area contributed by atoms with Crippen LogP contribution in [0.25, 0.3) is 11.3 Å². The van der Waals surface area contributed by atoms with Crippen LogP contribution in [0.15, 0.2) is 60.0 Å². The third-order valence-electron chi connectivity index (χ3n) is 4.23. The van der Waals surface area contributed by atoms with Crippen molar-refractivity contribution in [3.05, 3.63) is 76.1 Å². The molecular weight excluding hydrogens is 370 g/mol. The number of benzene rings is 2. The van der Waals surface area contributed by atoms with E-state index in [1.54, 1.807) is 0 Å². The molecule has 0 unspecified atom stereocenters. The zero-order valence-corrected chi connectivity index (χ0v) is 16.6. The minimum atomic E-state index is -0.0296. The van der Waals surface area contributed by atoms with Crippen LogP contribution < -0.4 is 10.6 Å². The van der Waals surface area contributed by atoms with E-state index in [1.807, 2.05) is 60.0 Å². The van der Waals surface area contributed by atoms with E-state index in [2.05, 4.69) is 15.6 Å². The predicted molar refractivity (Wildman–Crippen MR) is 112 cm³/mol. The van der Waals surface area contributed by atoms with E-state index >= 15 is 0 Å². The monoisotopic (exact) mass is 393 g/mol. The maximum absolute atomic E-state index is 12.2. The molecule has 5 nitrogen and oxygen atoms in total. The molecule has 0 aliphatic rings. The van der Waals surface area contributed by atoms with Crippen LogP contribution in [0.3, 0.4) is 0 Å². The van der Waals surface area contributed by atoms with E-state index in [-0.39, 0.29) is 18.2 Å². The van der Waals surface area contributed by atoms with Crippen molar-refractivity contribution in [3.63, 3.8) is 0 Å². The van der Waals surface area contributed by atoms with Crippen LogP contribution in [0.4, 0.5) is 0 Å². The Morgan fingerprint density at radius 3 is 2.43 bits per heavy atom. The van der Waals surface area contributed by atoms with Gasteiger partial charge in [-0.05, 0) is 17.5 Å². The average molecular weight is 394 g/mol. The molecule has 0 atom stereocenters. The number of amides is 2. The third-order valence-corrected chi connectivity index (χ3v) is 5.08. The Hall–Kier alpha value is -2.99. The molecule has 1 heterocycles. The van der Waals surface area contributed by atoms with E-state index in [0.717, 1.165) is 33.8 Å². The van der Waals surface area contributed by atoms with Crippen LogP contribution >= 0.6 is 11.3 Å². The van der Waals surface area contributed by atoms with Gasteiger partial charge in [0.15, 0.2) is 0 Å². The number of nitrogens with one attached hydrogen (secondary N) is 2. The second kappa shape index (κ2) is 9.80. The van der Waals surface area contributed by atoms with Crippen molar-refractivity contribution in [2.24, 2.45) is 0 Å². The summed E-state index contributed by atoms with van der Waals surface area (Å²) in [7, 11) is 0. The SMILES string of the molecule is CC(=O)NCCc1ccc(-c2csc(CC(=O)NCc3ccccc3)n2)cc1. The zero-order chi connectivity index (χ0) is 19.8. The Kier molecular flexibility index (Phi) is 6.92. The van der Waals surface area contributed by atoms with Gasteiger partial charge in [0.2, 0.25) is 11.8 Å². The van der Waals surface area contributed by atoms with E-state index < -0.39 is 0 Å². The second-order valence-corrected chi connectivity index (χ2v) is 7.44. The quantitative estimate of drug-likeness (QED) is 0.617. The highest BCUT2D eigenvalue weighted by Crippen LogP contribution is 2.22. The van der Waals surface area contributed by atoms with Gasteiger partial charge in [-0.2, -0.15) is 0 Å². The molecule has 0 saturated heterocycles. The second-order valence-electron chi connectivity index (χ2n) is 6.50. The molecule has 28 heavy (non-hydrogen) atoms. The van der Waals surface area contributed by atoms with E-state index in [9.17, 15) is 9.59 Å². The molecule has 0 bridgehead atoms. The smallest absolute Gasteiger partial charge is 0.227 e. The summed E-state index contributed by atoms with van der Waals surface area (Å²) >= 11 is 1.50. The Morgan fingerprint density at radius 2 is 1.71 bits per heavy atom. The van der Waals surface area contributed by atoms with Gasteiger partial charge in [-0.15, -0.1) is 11.3 Å². The Balaban J connectivity index is 1.51. The first-order valence-corrected chi connectivity index (χ1v) is 10.1. The predicted octanol–water partition coefficient (Wildman–Crippen LogP) is 3.35.